The third-order valence-electron chi connectivity index (χ3n) is 8.96. The number of aryl methyl sites for hydroxylation is 1. The fourth-order valence-electron chi connectivity index (χ4n) is 6.91. The third kappa shape index (κ3) is 5.85. The predicted molar refractivity (Wildman–Crippen MR) is 158 cm³/mol. The third-order valence-corrected chi connectivity index (χ3v) is 8.96. The van der Waals surface area contributed by atoms with Gasteiger partial charge in [0.2, 0.25) is 0 Å². The molecule has 0 radical (unpaired) electrons. The van der Waals surface area contributed by atoms with Crippen molar-refractivity contribution in [2.24, 2.45) is 11.3 Å². The van der Waals surface area contributed by atoms with E-state index in [-0.39, 0.29) is 28.5 Å². The highest BCUT2D eigenvalue weighted by Crippen LogP contribution is 2.56. The van der Waals surface area contributed by atoms with Crippen molar-refractivity contribution in [1.29, 1.82) is 0 Å². The van der Waals surface area contributed by atoms with Crippen molar-refractivity contribution in [3.05, 3.63) is 82.7 Å². The largest absolute Gasteiger partial charge is 0.497 e. The number of ether oxygens (including phenoxy) is 4. The van der Waals surface area contributed by atoms with E-state index in [1.807, 2.05) is 18.2 Å². The summed E-state index contributed by atoms with van der Waals surface area (Å²) in [7, 11) is 4.77. The summed E-state index contributed by atoms with van der Waals surface area (Å²) in [5.74, 6) is 0.938. The quantitative estimate of drug-likeness (QED) is 0.241. The van der Waals surface area contributed by atoms with Gasteiger partial charge in [-0.1, -0.05) is 38.1 Å². The van der Waals surface area contributed by atoms with Crippen molar-refractivity contribution in [1.82, 2.24) is 0 Å². The highest BCUT2D eigenvalue weighted by atomic mass is 19.1. The Hall–Kier alpha value is -3.38. The summed E-state index contributed by atoms with van der Waals surface area (Å²) in [5.41, 5.74) is 5.65. The molecule has 6 heteroatoms. The maximum absolute atomic E-state index is 15.0. The van der Waals surface area contributed by atoms with Crippen LogP contribution in [0.15, 0.2) is 54.6 Å². The molecule has 41 heavy (non-hydrogen) atoms. The van der Waals surface area contributed by atoms with Crippen LogP contribution in [-0.4, -0.2) is 33.9 Å². The molecule has 2 unspecified atom stereocenters. The predicted octanol–water partition coefficient (Wildman–Crippen LogP) is 7.45. The minimum atomic E-state index is -0.287. The molecule has 1 fully saturated rings. The summed E-state index contributed by atoms with van der Waals surface area (Å²) in [4.78, 5) is 12.5. The molecule has 0 heterocycles. The van der Waals surface area contributed by atoms with Crippen LogP contribution in [0.25, 0.3) is 11.1 Å². The van der Waals surface area contributed by atoms with Gasteiger partial charge in [0.25, 0.3) is 0 Å². The Morgan fingerprint density at radius 3 is 2.49 bits per heavy atom. The van der Waals surface area contributed by atoms with Crippen LogP contribution in [0.4, 0.5) is 4.39 Å². The standard InChI is InChI=1S/C35H41FO5/c1-34(2,22-38-3)20-25-17-23(8-12-28(25)29-18-26(39-4)11-13-32(29)36)21-41-27-10-9-24-7-6-15-35(31(24)19-27)16-14-30(35)33(37)40-5/h8-13,17-19,30H,6-7,14-16,20-22H2,1-5H3. The number of methoxy groups -OCH3 is 3. The maximum atomic E-state index is 15.0. The molecule has 1 spiro atoms. The number of hydrogen-bond donors (Lipinski definition) is 0. The number of hydrogen-bond acceptors (Lipinski definition) is 5. The summed E-state index contributed by atoms with van der Waals surface area (Å²) in [6, 6.07) is 17.3. The van der Waals surface area contributed by atoms with E-state index in [1.165, 1.54) is 24.3 Å². The number of rotatable bonds is 10. The summed E-state index contributed by atoms with van der Waals surface area (Å²) >= 11 is 0. The Morgan fingerprint density at radius 1 is 0.976 bits per heavy atom. The molecule has 0 aliphatic heterocycles. The van der Waals surface area contributed by atoms with Crippen LogP contribution < -0.4 is 9.47 Å². The van der Waals surface area contributed by atoms with Crippen LogP contribution in [0.2, 0.25) is 0 Å². The van der Waals surface area contributed by atoms with E-state index >= 15 is 4.39 Å². The lowest BCUT2D eigenvalue weighted by molar-refractivity contribution is -0.153. The summed E-state index contributed by atoms with van der Waals surface area (Å²) in [6.45, 7) is 5.26. The molecule has 3 aromatic carbocycles. The molecule has 0 bridgehead atoms. The van der Waals surface area contributed by atoms with Crippen LogP contribution in [0.1, 0.15) is 61.8 Å². The van der Waals surface area contributed by atoms with Crippen molar-refractivity contribution < 1.29 is 28.1 Å². The monoisotopic (exact) mass is 560 g/mol. The minimum absolute atomic E-state index is 0.0793. The molecule has 0 N–H and O–H groups in total. The Bertz CT molecular complexity index is 1410. The molecule has 1 saturated carbocycles. The van der Waals surface area contributed by atoms with E-state index in [0.29, 0.717) is 30.9 Å². The van der Waals surface area contributed by atoms with Gasteiger partial charge in [-0.25, -0.2) is 4.39 Å². The Balaban J connectivity index is 1.43. The molecule has 0 aromatic heterocycles. The van der Waals surface area contributed by atoms with Crippen LogP contribution in [0, 0.1) is 17.2 Å². The lowest BCUT2D eigenvalue weighted by Crippen LogP contribution is -2.50. The maximum Gasteiger partial charge on any atom is 0.309 e. The highest BCUT2D eigenvalue weighted by molar-refractivity contribution is 5.76. The molecule has 0 amide bonds. The number of fused-ring (bicyclic) bond motifs is 2. The first-order chi connectivity index (χ1) is 19.7. The Kier molecular flexibility index (Phi) is 8.42. The zero-order valence-corrected chi connectivity index (χ0v) is 24.8. The van der Waals surface area contributed by atoms with E-state index in [2.05, 4.69) is 32.0 Å². The van der Waals surface area contributed by atoms with Gasteiger partial charge < -0.3 is 18.9 Å². The van der Waals surface area contributed by atoms with Crippen LogP contribution >= 0.6 is 0 Å². The van der Waals surface area contributed by atoms with Crippen molar-refractivity contribution >= 4 is 5.97 Å². The Labute approximate surface area is 243 Å². The van der Waals surface area contributed by atoms with Gasteiger partial charge in [-0.2, -0.15) is 0 Å². The minimum Gasteiger partial charge on any atom is -0.497 e. The molecule has 0 saturated heterocycles. The zero-order chi connectivity index (χ0) is 29.2. The van der Waals surface area contributed by atoms with E-state index in [0.717, 1.165) is 54.5 Å². The average molecular weight is 561 g/mol. The smallest absolute Gasteiger partial charge is 0.309 e. The van der Waals surface area contributed by atoms with Gasteiger partial charge in [-0.15, -0.1) is 0 Å². The van der Waals surface area contributed by atoms with Crippen molar-refractivity contribution in [2.45, 2.75) is 64.4 Å². The normalized spacial score (nSPS) is 19.8. The molecule has 2 aliphatic carbocycles. The summed E-state index contributed by atoms with van der Waals surface area (Å²) in [6.07, 6.45) is 5.70. The molecule has 2 aliphatic rings. The number of carbonyl (C=O) groups is 1. The van der Waals surface area contributed by atoms with Gasteiger partial charge in [0.1, 0.15) is 23.9 Å². The van der Waals surface area contributed by atoms with Crippen molar-refractivity contribution in [3.8, 4) is 22.6 Å². The molecule has 3 aromatic rings. The lowest BCUT2D eigenvalue weighted by atomic mass is 9.52. The zero-order valence-electron chi connectivity index (χ0n) is 24.8. The SMILES string of the molecule is COCC(C)(C)Cc1cc(COc2ccc3c(c2)C2(CCC3)CCC2C(=O)OC)ccc1-c1cc(OC)ccc1F. The first-order valence-corrected chi connectivity index (χ1v) is 14.5. The van der Waals surface area contributed by atoms with Crippen molar-refractivity contribution in [2.75, 3.05) is 27.9 Å². The topological polar surface area (TPSA) is 54.0 Å². The number of halogens is 1. The van der Waals surface area contributed by atoms with Gasteiger partial charge in [-0.3, -0.25) is 4.79 Å². The van der Waals surface area contributed by atoms with Gasteiger partial charge in [-0.05, 0) is 102 Å². The van der Waals surface area contributed by atoms with Gasteiger partial charge in [0.15, 0.2) is 0 Å². The molecule has 2 atom stereocenters. The van der Waals surface area contributed by atoms with E-state index in [4.69, 9.17) is 18.9 Å². The molecular formula is C35H41FO5. The van der Waals surface area contributed by atoms with E-state index in [9.17, 15) is 4.79 Å². The fraction of sp³-hybridized carbons (Fsp3) is 0.457. The van der Waals surface area contributed by atoms with E-state index in [1.54, 1.807) is 26.4 Å². The second-order valence-electron chi connectivity index (χ2n) is 12.3. The van der Waals surface area contributed by atoms with Crippen molar-refractivity contribution in [3.63, 3.8) is 0 Å². The molecule has 218 valence electrons. The number of benzene rings is 3. The van der Waals surface area contributed by atoms with E-state index < -0.39 is 0 Å². The second kappa shape index (κ2) is 11.8. The molecular weight excluding hydrogens is 519 g/mol. The van der Waals surface area contributed by atoms with Crippen LogP contribution in [0.3, 0.4) is 0 Å². The Morgan fingerprint density at radius 2 is 1.78 bits per heavy atom. The van der Waals surface area contributed by atoms with Gasteiger partial charge in [0, 0.05) is 18.1 Å². The van der Waals surface area contributed by atoms with Gasteiger partial charge in [0.05, 0.1) is 26.7 Å². The average Bonchev–Trinajstić information content (AvgIpc) is 2.95. The van der Waals surface area contributed by atoms with Gasteiger partial charge >= 0.3 is 5.97 Å². The first kappa shape index (κ1) is 29.1. The lowest BCUT2D eigenvalue weighted by Gasteiger charge is -2.51. The highest BCUT2D eigenvalue weighted by Gasteiger charge is 2.53. The number of esters is 1. The summed E-state index contributed by atoms with van der Waals surface area (Å²) in [5, 5.41) is 0. The summed E-state index contributed by atoms with van der Waals surface area (Å²) < 4.78 is 37.4. The van der Waals surface area contributed by atoms with Crippen LogP contribution in [-0.2, 0) is 39.1 Å². The first-order valence-electron chi connectivity index (χ1n) is 14.5. The number of carbonyl (C=O) groups excluding carboxylic acids is 1. The van der Waals surface area contributed by atoms with Crippen LogP contribution in [0.5, 0.6) is 11.5 Å². The fourth-order valence-corrected chi connectivity index (χ4v) is 6.91. The molecule has 5 nitrogen and oxygen atoms in total. The molecule has 5 rings (SSSR count). The second-order valence-corrected chi connectivity index (χ2v) is 12.3.